The monoisotopic (exact) mass is 274 g/mol. The third kappa shape index (κ3) is 3.01. The third-order valence-corrected chi connectivity index (χ3v) is 7.69. The Hall–Kier alpha value is -1.10. The van der Waals surface area contributed by atoms with Gasteiger partial charge in [-0.05, 0) is 18.1 Å². The Morgan fingerprint density at radius 2 is 1.67 bits per heavy atom. The number of methoxy groups -OCH3 is 1. The normalized spacial score (nSPS) is 12.4. The SMILES string of the molecule is COc1c(F)cc(F)cc1O[Si](C)(C)C(C)(C)C. The third-order valence-electron chi connectivity index (χ3n) is 3.35. The fourth-order valence-corrected chi connectivity index (χ4v) is 2.25. The maximum atomic E-state index is 13.6. The number of benzene rings is 1. The number of ether oxygens (including phenoxy) is 1. The summed E-state index contributed by atoms with van der Waals surface area (Å²) in [6.45, 7) is 10.2. The van der Waals surface area contributed by atoms with Crippen molar-refractivity contribution in [2.24, 2.45) is 0 Å². The van der Waals surface area contributed by atoms with Gasteiger partial charge in [0.1, 0.15) is 5.82 Å². The molecule has 2 nitrogen and oxygen atoms in total. The van der Waals surface area contributed by atoms with Gasteiger partial charge in [-0.25, -0.2) is 8.78 Å². The van der Waals surface area contributed by atoms with E-state index in [9.17, 15) is 8.78 Å². The fourth-order valence-electron chi connectivity index (χ4n) is 1.24. The number of rotatable bonds is 3. The van der Waals surface area contributed by atoms with Crippen molar-refractivity contribution in [3.8, 4) is 11.5 Å². The van der Waals surface area contributed by atoms with Gasteiger partial charge >= 0.3 is 0 Å². The van der Waals surface area contributed by atoms with Crippen LogP contribution in [0.5, 0.6) is 11.5 Å². The highest BCUT2D eigenvalue weighted by molar-refractivity contribution is 6.74. The maximum absolute atomic E-state index is 13.6. The minimum atomic E-state index is -2.15. The van der Waals surface area contributed by atoms with E-state index >= 15 is 0 Å². The van der Waals surface area contributed by atoms with Crippen LogP contribution >= 0.6 is 0 Å². The molecular weight excluding hydrogens is 254 g/mol. The maximum Gasteiger partial charge on any atom is 0.250 e. The highest BCUT2D eigenvalue weighted by Crippen LogP contribution is 2.40. The van der Waals surface area contributed by atoms with E-state index in [4.69, 9.17) is 9.16 Å². The summed E-state index contributed by atoms with van der Waals surface area (Å²) in [6.07, 6.45) is 0. The first-order valence-electron chi connectivity index (χ1n) is 5.80. The van der Waals surface area contributed by atoms with Gasteiger partial charge in [0.05, 0.1) is 7.11 Å². The summed E-state index contributed by atoms with van der Waals surface area (Å²) in [7, 11) is -0.810. The zero-order valence-corrected chi connectivity index (χ0v) is 12.7. The van der Waals surface area contributed by atoms with Gasteiger partial charge < -0.3 is 9.16 Å². The van der Waals surface area contributed by atoms with Crippen molar-refractivity contribution in [2.45, 2.75) is 38.9 Å². The molecule has 0 heterocycles. The molecule has 0 atom stereocenters. The molecule has 0 spiro atoms. The zero-order valence-electron chi connectivity index (χ0n) is 11.7. The lowest BCUT2D eigenvalue weighted by molar-refractivity contribution is 0.358. The minimum absolute atomic E-state index is 0.0405. The molecule has 0 unspecified atom stereocenters. The Morgan fingerprint density at radius 3 is 2.11 bits per heavy atom. The van der Waals surface area contributed by atoms with Gasteiger partial charge in [0, 0.05) is 12.1 Å². The largest absolute Gasteiger partial charge is 0.541 e. The summed E-state index contributed by atoms with van der Waals surface area (Å²) in [4.78, 5) is 0. The van der Waals surface area contributed by atoms with Crippen molar-refractivity contribution in [1.82, 2.24) is 0 Å². The molecule has 0 fully saturated rings. The van der Waals surface area contributed by atoms with Gasteiger partial charge in [-0.3, -0.25) is 0 Å². The summed E-state index contributed by atoms with van der Waals surface area (Å²) in [5.41, 5.74) is 0. The Kier molecular flexibility index (Phi) is 4.05. The lowest BCUT2D eigenvalue weighted by atomic mass is 10.2. The van der Waals surface area contributed by atoms with Crippen LogP contribution in [0.1, 0.15) is 20.8 Å². The highest BCUT2D eigenvalue weighted by Gasteiger charge is 2.39. The molecule has 0 aliphatic heterocycles. The molecule has 0 aromatic heterocycles. The number of hydrogen-bond donors (Lipinski definition) is 0. The summed E-state index contributed by atoms with van der Waals surface area (Å²) in [5.74, 6) is -1.31. The molecule has 0 N–H and O–H groups in total. The Balaban J connectivity index is 3.19. The van der Waals surface area contributed by atoms with Gasteiger partial charge in [-0.2, -0.15) is 0 Å². The van der Waals surface area contributed by atoms with Gasteiger partial charge in [0.25, 0.3) is 8.32 Å². The van der Waals surface area contributed by atoms with Crippen molar-refractivity contribution in [1.29, 1.82) is 0 Å². The predicted octanol–water partition coefficient (Wildman–Crippen LogP) is 4.36. The van der Waals surface area contributed by atoms with E-state index in [1.807, 2.05) is 13.1 Å². The van der Waals surface area contributed by atoms with Crippen LogP contribution in [0.3, 0.4) is 0 Å². The summed E-state index contributed by atoms with van der Waals surface area (Å²) >= 11 is 0. The molecule has 102 valence electrons. The number of halogens is 2. The van der Waals surface area contributed by atoms with Gasteiger partial charge in [-0.1, -0.05) is 20.8 Å². The number of hydrogen-bond acceptors (Lipinski definition) is 2. The van der Waals surface area contributed by atoms with Crippen LogP contribution in [0.4, 0.5) is 8.78 Å². The van der Waals surface area contributed by atoms with Crippen molar-refractivity contribution in [3.63, 3.8) is 0 Å². The molecule has 5 heteroatoms. The lowest BCUT2D eigenvalue weighted by Crippen LogP contribution is -2.44. The highest BCUT2D eigenvalue weighted by atomic mass is 28.4. The second-order valence-electron chi connectivity index (χ2n) is 5.78. The molecule has 1 aromatic carbocycles. The Labute approximate surface area is 108 Å². The molecule has 0 aliphatic rings. The zero-order chi connectivity index (χ0) is 14.1. The van der Waals surface area contributed by atoms with Crippen LogP contribution in [0.2, 0.25) is 18.1 Å². The van der Waals surface area contributed by atoms with Crippen LogP contribution in [0.15, 0.2) is 12.1 Å². The van der Waals surface area contributed by atoms with E-state index in [1.165, 1.54) is 13.2 Å². The first-order valence-corrected chi connectivity index (χ1v) is 8.71. The van der Waals surface area contributed by atoms with Crippen LogP contribution in [-0.2, 0) is 0 Å². The van der Waals surface area contributed by atoms with Crippen molar-refractivity contribution >= 4 is 8.32 Å². The van der Waals surface area contributed by atoms with Gasteiger partial charge in [0.2, 0.25) is 0 Å². The standard InChI is InChI=1S/C13H20F2O2Si/c1-13(2,3)18(5,6)17-11-8-9(14)7-10(15)12(11)16-4/h7-8H,1-6H3. The summed E-state index contributed by atoms with van der Waals surface area (Å²) in [6, 6.07) is 1.96. The van der Waals surface area contributed by atoms with Crippen LogP contribution in [0, 0.1) is 11.6 Å². The van der Waals surface area contributed by atoms with E-state index in [0.29, 0.717) is 0 Å². The second-order valence-corrected chi connectivity index (χ2v) is 10.5. The van der Waals surface area contributed by atoms with Gasteiger partial charge in [0.15, 0.2) is 17.3 Å². The fraction of sp³-hybridized carbons (Fsp3) is 0.538. The van der Waals surface area contributed by atoms with Crippen LogP contribution in [-0.4, -0.2) is 15.4 Å². The van der Waals surface area contributed by atoms with Gasteiger partial charge in [-0.15, -0.1) is 0 Å². The molecular formula is C13H20F2O2Si. The average molecular weight is 274 g/mol. The average Bonchev–Trinajstić information content (AvgIpc) is 2.14. The predicted molar refractivity (Wildman–Crippen MR) is 70.7 cm³/mol. The molecule has 0 saturated heterocycles. The van der Waals surface area contributed by atoms with Crippen molar-refractivity contribution in [2.75, 3.05) is 7.11 Å². The lowest BCUT2D eigenvalue weighted by Gasteiger charge is -2.36. The summed E-state index contributed by atoms with van der Waals surface area (Å²) in [5, 5.41) is -0.0548. The molecule has 18 heavy (non-hydrogen) atoms. The summed E-state index contributed by atoms with van der Waals surface area (Å²) < 4.78 is 37.6. The first-order chi connectivity index (χ1) is 8.08. The van der Waals surface area contributed by atoms with Crippen LogP contribution in [0.25, 0.3) is 0 Å². The topological polar surface area (TPSA) is 18.5 Å². The van der Waals surface area contributed by atoms with E-state index in [0.717, 1.165) is 6.07 Å². The first kappa shape index (κ1) is 15.0. The Bertz CT molecular complexity index is 439. The quantitative estimate of drug-likeness (QED) is 0.763. The molecule has 0 bridgehead atoms. The van der Waals surface area contributed by atoms with E-state index < -0.39 is 20.0 Å². The van der Waals surface area contributed by atoms with Crippen molar-refractivity contribution in [3.05, 3.63) is 23.8 Å². The van der Waals surface area contributed by atoms with E-state index in [1.54, 1.807) is 0 Å². The molecule has 0 saturated carbocycles. The van der Waals surface area contributed by atoms with Crippen LogP contribution < -0.4 is 9.16 Å². The van der Waals surface area contributed by atoms with Crippen molar-refractivity contribution < 1.29 is 17.9 Å². The smallest absolute Gasteiger partial charge is 0.250 e. The molecule has 1 rings (SSSR count). The molecule has 0 radical (unpaired) electrons. The second kappa shape index (κ2) is 4.88. The molecule has 1 aromatic rings. The molecule has 0 amide bonds. The minimum Gasteiger partial charge on any atom is -0.541 e. The van der Waals surface area contributed by atoms with E-state index in [2.05, 4.69) is 20.8 Å². The Morgan fingerprint density at radius 1 is 1.11 bits per heavy atom. The van der Waals surface area contributed by atoms with E-state index in [-0.39, 0.29) is 16.5 Å². The molecule has 0 aliphatic carbocycles.